The van der Waals surface area contributed by atoms with E-state index in [0.29, 0.717) is 39.9 Å². The van der Waals surface area contributed by atoms with Crippen molar-refractivity contribution >= 4 is 28.8 Å². The molecule has 0 spiro atoms. The molecule has 2 amide bonds. The first-order valence-electron chi connectivity index (χ1n) is 10.4. The van der Waals surface area contributed by atoms with Crippen molar-refractivity contribution in [2.75, 3.05) is 38.7 Å². The summed E-state index contributed by atoms with van der Waals surface area (Å²) < 4.78 is 21.3. The highest BCUT2D eigenvalue weighted by atomic mass is 16.5. The summed E-state index contributed by atoms with van der Waals surface area (Å²) in [5.74, 6) is 1.25. The van der Waals surface area contributed by atoms with E-state index < -0.39 is 11.8 Å². The fraction of sp³-hybridized carbons (Fsp3) is 0.154. The second-order valence-corrected chi connectivity index (χ2v) is 7.32. The van der Waals surface area contributed by atoms with E-state index in [0.717, 1.165) is 4.90 Å². The maximum Gasteiger partial charge on any atom is 0.282 e. The number of amides is 2. The zero-order valence-corrected chi connectivity index (χ0v) is 19.2. The van der Waals surface area contributed by atoms with Gasteiger partial charge < -0.3 is 24.3 Å². The number of methoxy groups -OCH3 is 4. The van der Waals surface area contributed by atoms with Gasteiger partial charge >= 0.3 is 0 Å². The van der Waals surface area contributed by atoms with Crippen molar-refractivity contribution in [1.82, 2.24) is 0 Å². The highest BCUT2D eigenvalue weighted by molar-refractivity contribution is 6.46. The SMILES string of the molecule is COc1ccc(C2=C(Nc3cc(OC)ccc3OC)C(=O)N(c3cccc(OC)c3)C2=O)cc1. The number of rotatable bonds is 8. The smallest absolute Gasteiger partial charge is 0.282 e. The lowest BCUT2D eigenvalue weighted by Gasteiger charge is -2.17. The molecule has 34 heavy (non-hydrogen) atoms. The Balaban J connectivity index is 1.84. The maximum absolute atomic E-state index is 13.6. The average molecular weight is 460 g/mol. The average Bonchev–Trinajstić information content (AvgIpc) is 3.12. The minimum Gasteiger partial charge on any atom is -0.497 e. The van der Waals surface area contributed by atoms with Crippen molar-refractivity contribution in [3.63, 3.8) is 0 Å². The Morgan fingerprint density at radius 2 is 1.32 bits per heavy atom. The first-order chi connectivity index (χ1) is 16.5. The van der Waals surface area contributed by atoms with Crippen LogP contribution in [0.2, 0.25) is 0 Å². The molecular formula is C26H24N2O6. The molecule has 1 aliphatic rings. The minimum atomic E-state index is -0.506. The normalized spacial score (nSPS) is 13.2. The number of carbonyl (C=O) groups is 2. The molecular weight excluding hydrogens is 436 g/mol. The van der Waals surface area contributed by atoms with Crippen LogP contribution in [0.5, 0.6) is 23.0 Å². The van der Waals surface area contributed by atoms with Gasteiger partial charge in [0, 0.05) is 12.1 Å². The fourth-order valence-electron chi connectivity index (χ4n) is 3.70. The van der Waals surface area contributed by atoms with Gasteiger partial charge in [-0.05, 0) is 42.0 Å². The van der Waals surface area contributed by atoms with Crippen LogP contribution in [0.25, 0.3) is 5.57 Å². The van der Waals surface area contributed by atoms with Gasteiger partial charge in [0.1, 0.15) is 28.7 Å². The number of nitrogens with zero attached hydrogens (tertiary/aromatic N) is 1. The molecule has 0 unspecified atom stereocenters. The van der Waals surface area contributed by atoms with Gasteiger partial charge in [-0.2, -0.15) is 0 Å². The van der Waals surface area contributed by atoms with E-state index in [1.165, 1.54) is 14.2 Å². The standard InChI is InChI=1S/C26H24N2O6/c1-31-18-10-8-16(9-11-18)23-24(27-21-15-20(33-3)12-13-22(21)34-4)26(30)28(25(23)29)17-6-5-7-19(14-17)32-2/h5-15,27H,1-4H3. The number of hydrogen-bond donors (Lipinski definition) is 1. The van der Waals surface area contributed by atoms with Gasteiger partial charge in [-0.25, -0.2) is 4.90 Å². The first kappa shape index (κ1) is 22.7. The van der Waals surface area contributed by atoms with Gasteiger partial charge in [0.05, 0.1) is 45.4 Å². The summed E-state index contributed by atoms with van der Waals surface area (Å²) in [6.07, 6.45) is 0. The summed E-state index contributed by atoms with van der Waals surface area (Å²) in [5, 5.41) is 3.12. The number of hydrogen-bond acceptors (Lipinski definition) is 7. The predicted molar refractivity (Wildman–Crippen MR) is 129 cm³/mol. The number of benzene rings is 3. The van der Waals surface area contributed by atoms with E-state index in [4.69, 9.17) is 18.9 Å². The van der Waals surface area contributed by atoms with Crippen LogP contribution in [0.4, 0.5) is 11.4 Å². The lowest BCUT2D eigenvalue weighted by molar-refractivity contribution is -0.120. The Morgan fingerprint density at radius 3 is 1.97 bits per heavy atom. The monoisotopic (exact) mass is 460 g/mol. The molecule has 0 atom stereocenters. The molecule has 0 saturated carbocycles. The van der Waals surface area contributed by atoms with Gasteiger partial charge in [-0.15, -0.1) is 0 Å². The molecule has 0 aliphatic carbocycles. The molecule has 174 valence electrons. The first-order valence-corrected chi connectivity index (χ1v) is 10.4. The van der Waals surface area contributed by atoms with Gasteiger partial charge in [-0.3, -0.25) is 9.59 Å². The fourth-order valence-corrected chi connectivity index (χ4v) is 3.70. The summed E-state index contributed by atoms with van der Waals surface area (Å²) in [4.78, 5) is 28.4. The van der Waals surface area contributed by atoms with Crippen LogP contribution < -0.4 is 29.2 Å². The number of nitrogens with one attached hydrogen (secondary N) is 1. The molecule has 4 rings (SSSR count). The number of ether oxygens (including phenoxy) is 4. The second-order valence-electron chi connectivity index (χ2n) is 7.32. The van der Waals surface area contributed by atoms with Crippen molar-refractivity contribution in [3.05, 3.63) is 78.0 Å². The van der Waals surface area contributed by atoms with Crippen molar-refractivity contribution in [2.45, 2.75) is 0 Å². The van der Waals surface area contributed by atoms with Crippen LogP contribution >= 0.6 is 0 Å². The molecule has 0 saturated heterocycles. The van der Waals surface area contributed by atoms with Gasteiger partial charge in [-0.1, -0.05) is 18.2 Å². The second kappa shape index (κ2) is 9.58. The number of carbonyl (C=O) groups excluding carboxylic acids is 2. The summed E-state index contributed by atoms with van der Waals surface area (Å²) in [6.45, 7) is 0. The summed E-state index contributed by atoms with van der Waals surface area (Å²) in [7, 11) is 6.15. The third kappa shape index (κ3) is 4.13. The Hall–Kier alpha value is -4.46. The maximum atomic E-state index is 13.6. The lowest BCUT2D eigenvalue weighted by atomic mass is 10.0. The van der Waals surface area contributed by atoms with E-state index >= 15 is 0 Å². The lowest BCUT2D eigenvalue weighted by Crippen LogP contribution is -2.32. The van der Waals surface area contributed by atoms with Crippen LogP contribution in [0.15, 0.2) is 72.4 Å². The van der Waals surface area contributed by atoms with Crippen LogP contribution in [0.1, 0.15) is 5.56 Å². The van der Waals surface area contributed by atoms with E-state index in [1.54, 1.807) is 80.9 Å². The van der Waals surface area contributed by atoms with Crippen molar-refractivity contribution < 1.29 is 28.5 Å². The highest BCUT2D eigenvalue weighted by Gasteiger charge is 2.40. The van der Waals surface area contributed by atoms with Crippen LogP contribution in [0, 0.1) is 0 Å². The largest absolute Gasteiger partial charge is 0.497 e. The molecule has 8 nitrogen and oxygen atoms in total. The van der Waals surface area contributed by atoms with E-state index in [-0.39, 0.29) is 11.3 Å². The molecule has 8 heteroatoms. The van der Waals surface area contributed by atoms with Gasteiger partial charge in [0.15, 0.2) is 0 Å². The number of anilines is 2. The number of imide groups is 1. The summed E-state index contributed by atoms with van der Waals surface area (Å²) >= 11 is 0. The van der Waals surface area contributed by atoms with E-state index in [1.807, 2.05) is 0 Å². The molecule has 0 radical (unpaired) electrons. The molecule has 1 aliphatic heterocycles. The van der Waals surface area contributed by atoms with E-state index in [9.17, 15) is 9.59 Å². The van der Waals surface area contributed by atoms with Gasteiger partial charge in [0.2, 0.25) is 0 Å². The zero-order chi connectivity index (χ0) is 24.2. The zero-order valence-electron chi connectivity index (χ0n) is 19.2. The van der Waals surface area contributed by atoms with Crippen LogP contribution in [-0.4, -0.2) is 40.3 Å². The van der Waals surface area contributed by atoms with Gasteiger partial charge in [0.25, 0.3) is 11.8 Å². The molecule has 1 heterocycles. The van der Waals surface area contributed by atoms with Crippen molar-refractivity contribution in [1.29, 1.82) is 0 Å². The quantitative estimate of drug-likeness (QED) is 0.506. The highest BCUT2D eigenvalue weighted by Crippen LogP contribution is 2.37. The Labute approximate surface area is 197 Å². The van der Waals surface area contributed by atoms with E-state index in [2.05, 4.69) is 5.32 Å². The minimum absolute atomic E-state index is 0.115. The molecule has 0 aromatic heterocycles. The summed E-state index contributed by atoms with van der Waals surface area (Å²) in [6, 6.07) is 18.9. The molecule has 0 fully saturated rings. The Morgan fingerprint density at radius 1 is 0.676 bits per heavy atom. The summed E-state index contributed by atoms with van der Waals surface area (Å²) in [5.41, 5.74) is 1.78. The topological polar surface area (TPSA) is 86.3 Å². The van der Waals surface area contributed by atoms with Crippen molar-refractivity contribution in [3.8, 4) is 23.0 Å². The van der Waals surface area contributed by atoms with Crippen LogP contribution in [-0.2, 0) is 9.59 Å². The Bertz CT molecular complexity index is 1270. The molecule has 3 aromatic rings. The van der Waals surface area contributed by atoms with Crippen molar-refractivity contribution in [2.24, 2.45) is 0 Å². The third-order valence-electron chi connectivity index (χ3n) is 5.44. The molecule has 3 aromatic carbocycles. The third-order valence-corrected chi connectivity index (χ3v) is 5.44. The molecule has 0 bridgehead atoms. The molecule has 1 N–H and O–H groups in total. The Kier molecular flexibility index (Phi) is 6.40. The predicted octanol–water partition coefficient (Wildman–Crippen LogP) is 4.12. The van der Waals surface area contributed by atoms with Crippen LogP contribution in [0.3, 0.4) is 0 Å².